The van der Waals surface area contributed by atoms with E-state index in [0.717, 1.165) is 11.7 Å². The van der Waals surface area contributed by atoms with Gasteiger partial charge in [-0.05, 0) is 192 Å². The first kappa shape index (κ1) is 41.1. The number of hydrogen-bond acceptors (Lipinski definition) is 5. The van der Waals surface area contributed by atoms with Crippen molar-refractivity contribution in [1.82, 2.24) is 4.98 Å². The summed E-state index contributed by atoms with van der Waals surface area (Å²) in [7, 11) is 0. The Morgan fingerprint density at radius 1 is 0.792 bits per heavy atom. The number of nitrogens with two attached hydrogens (primary N) is 2. The minimum absolute atomic E-state index is 0. The number of pyridine rings is 1. The number of fused-ring (bicyclic) bond motifs is 1. The van der Waals surface area contributed by atoms with Crippen LogP contribution in [-0.2, 0) is 24.6 Å². The predicted octanol–water partition coefficient (Wildman–Crippen LogP) is 8.84. The van der Waals surface area contributed by atoms with Gasteiger partial charge in [0.05, 0.1) is 18.1 Å². The van der Waals surface area contributed by atoms with Crippen molar-refractivity contribution >= 4 is 24.2 Å². The van der Waals surface area contributed by atoms with Crippen LogP contribution >= 0.6 is 11.8 Å². The second kappa shape index (κ2) is 24.7. The van der Waals surface area contributed by atoms with Gasteiger partial charge < -0.3 is 11.6 Å². The van der Waals surface area contributed by atoms with E-state index in [4.69, 9.17) is 17.1 Å². The van der Waals surface area contributed by atoms with Gasteiger partial charge in [-0.2, -0.15) is 11.8 Å². The molecule has 53 heavy (non-hydrogen) atoms. The zero-order chi connectivity index (χ0) is 37.8. The Balaban J connectivity index is -0.0000000943. The Bertz CT molecular complexity index is 2330. The minimum Gasteiger partial charge on any atom is -0.323 e. The van der Waals surface area contributed by atoms with Crippen LogP contribution in [0.2, 0.25) is 0 Å². The monoisotopic (exact) mass is 744 g/mol. The summed E-state index contributed by atoms with van der Waals surface area (Å²) in [6.45, 7) is 1.70. The highest BCUT2D eigenvalue weighted by atomic mass is 32.2. The minimum atomic E-state index is 0. The van der Waals surface area contributed by atoms with Crippen LogP contribution in [0.4, 0.5) is 0 Å². The fraction of sp³-hybridized carbons (Fsp3) is 0.298. The van der Waals surface area contributed by atoms with Crippen molar-refractivity contribution in [2.24, 2.45) is 27.4 Å². The summed E-state index contributed by atoms with van der Waals surface area (Å²) in [4.78, 5) is 4.76. The molecule has 2 saturated carbocycles. The third kappa shape index (κ3) is 15.6. The van der Waals surface area contributed by atoms with Gasteiger partial charge in [0.25, 0.3) is 0 Å². The molecule has 1 heterocycles. The molecule has 3 aliphatic rings. The molecule has 0 bridgehead atoms. The molecular formula is C47H60N4S2. The number of nitrogens with zero attached hydrogens (tertiary/aromatic N) is 2. The fourth-order valence-electron chi connectivity index (χ4n) is 5.84. The van der Waals surface area contributed by atoms with Gasteiger partial charge in [-0.25, -0.2) is 0 Å². The molecule has 0 unspecified atom stereocenters. The lowest BCUT2D eigenvalue weighted by molar-refractivity contribution is 0.149. The summed E-state index contributed by atoms with van der Waals surface area (Å²) in [5.74, 6) is 60.2. The molecule has 1 spiro atoms. The molecule has 4 N–H and O–H groups in total. The van der Waals surface area contributed by atoms with Crippen LogP contribution in [0.15, 0.2) is 47.1 Å². The lowest BCUT2D eigenvalue weighted by atomic mass is 9.66. The molecule has 6 heteroatoms. The van der Waals surface area contributed by atoms with E-state index >= 15 is 0 Å². The summed E-state index contributed by atoms with van der Waals surface area (Å²) in [5, 5.41) is 0. The second-order valence-electron chi connectivity index (χ2n) is 11.9. The lowest BCUT2D eigenvalue weighted by Gasteiger charge is -2.40. The van der Waals surface area contributed by atoms with Gasteiger partial charge in [0.1, 0.15) is 0 Å². The average Bonchev–Trinajstić information content (AvgIpc) is 3.97. The topological polar surface area (TPSA) is 77.3 Å². The number of benzene rings is 1. The maximum Gasteiger partial charge on any atom is 0.0623 e. The van der Waals surface area contributed by atoms with E-state index in [9.17, 15) is 0 Å². The Morgan fingerprint density at radius 2 is 1.30 bits per heavy atom. The predicted molar refractivity (Wildman–Crippen MR) is 245 cm³/mol. The van der Waals surface area contributed by atoms with Gasteiger partial charge in [-0.15, -0.1) is 10.9 Å². The summed E-state index contributed by atoms with van der Waals surface area (Å²) >= 11 is 5.85. The van der Waals surface area contributed by atoms with Gasteiger partial charge in [0.15, 0.2) is 0 Å². The van der Waals surface area contributed by atoms with Crippen molar-refractivity contribution in [2.45, 2.75) is 69.6 Å². The molecule has 280 valence electrons. The first-order valence-corrected chi connectivity index (χ1v) is 18.3. The third-order valence-electron chi connectivity index (χ3n) is 8.52. The second-order valence-corrected chi connectivity index (χ2v) is 13.1. The van der Waals surface area contributed by atoms with Crippen molar-refractivity contribution < 1.29 is 17.1 Å². The van der Waals surface area contributed by atoms with Crippen molar-refractivity contribution in [1.29, 1.82) is 0 Å². The first-order valence-electron chi connectivity index (χ1n) is 16.8. The molecule has 0 radical (unpaired) electrons. The molecule has 1 aromatic carbocycles. The Morgan fingerprint density at radius 3 is 1.75 bits per heavy atom. The Kier molecular flexibility index (Phi) is 19.2. The highest BCUT2D eigenvalue weighted by Crippen LogP contribution is 2.55. The average molecular weight is 745 g/mol. The lowest BCUT2D eigenvalue weighted by Crippen LogP contribution is -2.35. The SMILES string of the molecule is C#CC#CC#CC#CC#CC#CC#CC#CC#CC#CC#CC.NN=S.N[C@@H]1c2ccccc2CC12CCC(c1ccc(CSCC3CC3)nc1)CC2.[HH].[HH].[HH].[HH].[HH].[HH].[HH].[HH].[HH].[HH].[HH].[HH]. The summed E-state index contributed by atoms with van der Waals surface area (Å²) in [5.41, 5.74) is 12.6. The van der Waals surface area contributed by atoms with Gasteiger partial charge >= 0.3 is 0 Å². The van der Waals surface area contributed by atoms with Crippen LogP contribution in [0, 0.1) is 142 Å². The van der Waals surface area contributed by atoms with Crippen molar-refractivity contribution in [3.8, 4) is 131 Å². The smallest absolute Gasteiger partial charge is 0.0623 e. The maximum atomic E-state index is 6.72. The van der Waals surface area contributed by atoms with Gasteiger partial charge in [-0.1, -0.05) is 36.3 Å². The van der Waals surface area contributed by atoms with Gasteiger partial charge in [0, 0.05) is 58.8 Å². The van der Waals surface area contributed by atoms with Crippen molar-refractivity contribution in [2.75, 3.05) is 5.75 Å². The number of thioether (sulfide) groups is 1. The van der Waals surface area contributed by atoms with E-state index in [1.807, 2.05) is 11.8 Å². The van der Waals surface area contributed by atoms with Crippen LogP contribution in [0.5, 0.6) is 0 Å². The van der Waals surface area contributed by atoms with Crippen molar-refractivity contribution in [3.63, 3.8) is 0 Å². The fourth-order valence-corrected chi connectivity index (χ4v) is 7.00. The third-order valence-corrected chi connectivity index (χ3v) is 9.72. The van der Waals surface area contributed by atoms with Crippen LogP contribution in [0.3, 0.4) is 0 Å². The Hall–Kier alpha value is -6.34. The highest BCUT2D eigenvalue weighted by molar-refractivity contribution is 7.98. The van der Waals surface area contributed by atoms with Crippen LogP contribution in [0.1, 0.15) is 96.9 Å². The molecule has 1 aromatic heterocycles. The van der Waals surface area contributed by atoms with Crippen LogP contribution in [0.25, 0.3) is 0 Å². The molecule has 0 aliphatic heterocycles. The van der Waals surface area contributed by atoms with Gasteiger partial charge in [0.2, 0.25) is 0 Å². The van der Waals surface area contributed by atoms with E-state index in [-0.39, 0.29) is 23.2 Å². The molecule has 1 atom stereocenters. The summed E-state index contributed by atoms with van der Waals surface area (Å²) in [6, 6.07) is 13.6. The van der Waals surface area contributed by atoms with Gasteiger partial charge in [-0.3, -0.25) is 4.98 Å². The van der Waals surface area contributed by atoms with Crippen LogP contribution < -0.4 is 11.6 Å². The molecule has 0 saturated heterocycles. The van der Waals surface area contributed by atoms with E-state index in [2.05, 4.69) is 190 Å². The van der Waals surface area contributed by atoms with E-state index in [1.165, 1.54) is 73.1 Å². The highest BCUT2D eigenvalue weighted by Gasteiger charge is 2.46. The van der Waals surface area contributed by atoms with Crippen LogP contribution in [-0.4, -0.2) is 10.7 Å². The normalized spacial score (nSPS) is 17.1. The van der Waals surface area contributed by atoms with E-state index < -0.39 is 0 Å². The number of rotatable bonds is 5. The number of terminal acetylenes is 1. The molecule has 5 rings (SSSR count). The molecule has 4 nitrogen and oxygen atoms in total. The number of hydrogen-bond donors (Lipinski definition) is 2. The summed E-state index contributed by atoms with van der Waals surface area (Å²) < 4.78 is 2.58. The Labute approximate surface area is 344 Å². The quantitative estimate of drug-likeness (QED) is 0.182. The molecule has 2 aromatic rings. The number of aromatic nitrogens is 1. The first-order chi connectivity index (χ1) is 26.1. The molecule has 0 amide bonds. The molecular weight excluding hydrogens is 685 g/mol. The zero-order valence-corrected chi connectivity index (χ0v) is 31.2. The van der Waals surface area contributed by atoms with Crippen molar-refractivity contribution in [3.05, 3.63) is 65.0 Å². The van der Waals surface area contributed by atoms with E-state index in [1.54, 1.807) is 6.92 Å². The maximum absolute atomic E-state index is 6.72. The molecule has 3 aliphatic carbocycles. The molecule has 2 fully saturated rings. The largest absolute Gasteiger partial charge is 0.323 e. The zero-order valence-electron chi connectivity index (χ0n) is 29.6. The van der Waals surface area contributed by atoms with E-state index in [0.29, 0.717) is 11.3 Å². The summed E-state index contributed by atoms with van der Waals surface area (Å²) in [6.07, 6.45) is 16.1. The standard InChI is InChI=1S/C24H30N2S.C23H4.H2N2S.12H2/c25-23-22-4-2-1-3-19(22)13-24(23)11-9-18(10-12-24)20-7-8-21(26-14-20)16-27-15-17-5-6-17;1-3-5-7-9-11-13-15-17-19-21-23-22-20-18-16-14-12-10-8-6-4-2;1-2-3;;;;;;;;;;;;/h1-4,7-8,14,17-18,23H,5-6,9-13,15-16,25H2;1H,2H3;(H2,1,3);12*1H/t18?,23-,24?;;;;;;;;;;;;;;/m1............../s1.